The lowest BCUT2D eigenvalue weighted by Gasteiger charge is -2.24. The van der Waals surface area contributed by atoms with Gasteiger partial charge in [0.05, 0.1) is 24.7 Å². The summed E-state index contributed by atoms with van der Waals surface area (Å²) in [6.45, 7) is -1.79. The molecule has 6 heteroatoms. The molecule has 0 aliphatic heterocycles. The number of nitrogens with two attached hydrogens (primary N) is 1. The van der Waals surface area contributed by atoms with E-state index >= 15 is 0 Å². The van der Waals surface area contributed by atoms with Gasteiger partial charge in [-0.25, -0.2) is 4.98 Å². The first-order chi connectivity index (χ1) is 12.0. The first kappa shape index (κ1) is 8.71. The van der Waals surface area contributed by atoms with Crippen LogP contribution in [0.15, 0.2) is 23.0 Å². The van der Waals surface area contributed by atoms with Gasteiger partial charge >= 0.3 is 0 Å². The second-order valence-corrected chi connectivity index (χ2v) is 4.78. The molecule has 0 spiro atoms. The summed E-state index contributed by atoms with van der Waals surface area (Å²) in [6, 6.07) is 0.763. The zero-order valence-corrected chi connectivity index (χ0v) is 10.9. The molecule has 2 aromatic rings. The van der Waals surface area contributed by atoms with E-state index in [4.69, 9.17) is 12.6 Å². The summed E-state index contributed by atoms with van der Waals surface area (Å²) >= 11 is 0. The van der Waals surface area contributed by atoms with Crippen LogP contribution in [0.4, 0.5) is 5.69 Å². The summed E-state index contributed by atoms with van der Waals surface area (Å²) in [7, 11) is 0. The molecule has 108 valence electrons. The highest BCUT2D eigenvalue weighted by Gasteiger charge is 2.30. The van der Waals surface area contributed by atoms with Gasteiger partial charge < -0.3 is 5.73 Å². The van der Waals surface area contributed by atoms with Crippen molar-refractivity contribution < 1.29 is 16.4 Å². The van der Waals surface area contributed by atoms with E-state index in [1.807, 2.05) is 0 Å². The third-order valence-corrected chi connectivity index (χ3v) is 3.35. The van der Waals surface area contributed by atoms with Gasteiger partial charge in [-0.1, -0.05) is 6.04 Å². The van der Waals surface area contributed by atoms with Gasteiger partial charge in [0, 0.05) is 17.6 Å². The quantitative estimate of drug-likeness (QED) is 0.628. The molecular weight excluding hydrogens is 270 g/mol. The Bertz CT molecular complexity index is 1000. The van der Waals surface area contributed by atoms with Crippen LogP contribution in [0.5, 0.6) is 0 Å². The van der Waals surface area contributed by atoms with E-state index in [-0.39, 0.29) is 22.6 Å². The van der Waals surface area contributed by atoms with Crippen LogP contribution in [0.1, 0.15) is 37.9 Å². The molecular formula is C15H15N3O3. The normalized spacial score (nSPS) is 25.2. The van der Waals surface area contributed by atoms with Crippen molar-refractivity contribution in [1.29, 1.82) is 0 Å². The molecule has 1 atom stereocenters. The highest BCUT2D eigenvalue weighted by Crippen LogP contribution is 2.24. The summed E-state index contributed by atoms with van der Waals surface area (Å²) in [5.41, 5.74) is 4.86. The van der Waals surface area contributed by atoms with Crippen molar-refractivity contribution in [3.8, 4) is 0 Å². The van der Waals surface area contributed by atoms with E-state index in [9.17, 15) is 14.4 Å². The average molecular weight is 290 g/mol. The number of ketones is 2. The lowest BCUT2D eigenvalue weighted by Crippen LogP contribution is -2.36. The van der Waals surface area contributed by atoms with E-state index in [0.717, 1.165) is 0 Å². The minimum atomic E-state index is -2.36. The fraction of sp³-hybridized carbons (Fsp3) is 0.333. The first-order valence-corrected chi connectivity index (χ1v) is 6.24. The Balaban J connectivity index is 2.40. The van der Waals surface area contributed by atoms with Crippen molar-refractivity contribution in [1.82, 2.24) is 9.55 Å². The molecule has 21 heavy (non-hydrogen) atoms. The predicted octanol–water partition coefficient (Wildman–Crippen LogP) is 1.15. The summed E-state index contributed by atoms with van der Waals surface area (Å²) in [5.74, 6) is -1.83. The summed E-state index contributed by atoms with van der Waals surface area (Å²) in [6.07, 6.45) is -3.45. The van der Waals surface area contributed by atoms with Gasteiger partial charge in [-0.05, 0) is 25.4 Å². The van der Waals surface area contributed by atoms with Gasteiger partial charge in [-0.15, -0.1) is 0 Å². The zero-order valence-electron chi connectivity index (χ0n) is 15.9. The number of carbonyl (C=O) groups excluding carboxylic acids is 2. The molecule has 1 aromatic heterocycles. The lowest BCUT2D eigenvalue weighted by molar-refractivity contribution is -0.132. The Labute approximate surface area is 127 Å². The Kier molecular flexibility index (Phi) is 1.99. The number of rotatable bonds is 1. The average Bonchev–Trinajstić information content (AvgIpc) is 2.46. The van der Waals surface area contributed by atoms with Crippen molar-refractivity contribution in [2.45, 2.75) is 32.1 Å². The Morgan fingerprint density at radius 2 is 2.29 bits per heavy atom. The van der Waals surface area contributed by atoms with Crippen molar-refractivity contribution in [3.63, 3.8) is 0 Å². The van der Waals surface area contributed by atoms with Crippen molar-refractivity contribution in [2.75, 3.05) is 5.73 Å². The number of hydrogen-bond acceptors (Lipinski definition) is 5. The number of aryl methyl sites for hydroxylation is 1. The molecule has 1 aromatic carbocycles. The van der Waals surface area contributed by atoms with Crippen LogP contribution in [0.3, 0.4) is 0 Å². The van der Waals surface area contributed by atoms with Crippen molar-refractivity contribution >= 4 is 28.2 Å². The van der Waals surface area contributed by atoms with Gasteiger partial charge in [-0.3, -0.25) is 19.0 Å². The first-order valence-electron chi connectivity index (χ1n) is 8.89. The van der Waals surface area contributed by atoms with E-state index in [1.54, 1.807) is 0 Å². The Morgan fingerprint density at radius 1 is 1.48 bits per heavy atom. The summed E-state index contributed by atoms with van der Waals surface area (Å²) in [4.78, 5) is 41.0. The number of aromatic nitrogens is 2. The topological polar surface area (TPSA) is 95.0 Å². The van der Waals surface area contributed by atoms with Crippen LogP contribution >= 0.6 is 0 Å². The van der Waals surface area contributed by atoms with Gasteiger partial charge in [0.25, 0.3) is 5.56 Å². The predicted molar refractivity (Wildman–Crippen MR) is 78.1 cm³/mol. The van der Waals surface area contributed by atoms with Crippen molar-refractivity contribution in [2.24, 2.45) is 0 Å². The fourth-order valence-corrected chi connectivity index (χ4v) is 2.39. The molecule has 3 rings (SSSR count). The fourth-order valence-electron chi connectivity index (χ4n) is 2.39. The largest absolute Gasteiger partial charge is 0.398 e. The van der Waals surface area contributed by atoms with E-state index < -0.39 is 55.1 Å². The molecule has 6 nitrogen and oxygen atoms in total. The molecule has 2 N–H and O–H groups in total. The SMILES string of the molecule is [2H]c1cc(N)c2c(=O)n(C3C(=O)CC(=O)CC3([2H])[2H])c(C([2H])[2H])nc2c1. The van der Waals surface area contributed by atoms with Crippen LogP contribution in [0, 0.1) is 6.88 Å². The minimum absolute atomic E-state index is 0.00403. The maximum Gasteiger partial charge on any atom is 0.264 e. The minimum Gasteiger partial charge on any atom is -0.398 e. The molecule has 1 fully saturated rings. The third-order valence-electron chi connectivity index (χ3n) is 3.35. The monoisotopic (exact) mass is 290 g/mol. The molecule has 1 aliphatic carbocycles. The van der Waals surface area contributed by atoms with Crippen LogP contribution in [-0.4, -0.2) is 21.1 Å². The second-order valence-electron chi connectivity index (χ2n) is 4.78. The molecule has 1 heterocycles. The number of benzene rings is 1. The second kappa shape index (κ2) is 4.80. The molecule has 0 amide bonds. The Hall–Kier alpha value is -2.50. The van der Waals surface area contributed by atoms with Gasteiger partial charge in [-0.2, -0.15) is 0 Å². The Morgan fingerprint density at radius 3 is 3.00 bits per heavy atom. The highest BCUT2D eigenvalue weighted by molar-refractivity contribution is 6.03. The van der Waals surface area contributed by atoms with Crippen LogP contribution in [0.25, 0.3) is 10.9 Å². The standard InChI is InChI=1S/C15H15N3O3/c1-8-17-11-4-2-3-10(16)14(11)15(21)18(8)12-6-5-9(19)7-13(12)20/h2-4,12H,5-7,16H2,1H3/i1D2,2D,6D2. The lowest BCUT2D eigenvalue weighted by atomic mass is 9.92. The number of nitrogen functional groups attached to an aromatic ring is 1. The van der Waals surface area contributed by atoms with Gasteiger partial charge in [0.2, 0.25) is 0 Å². The summed E-state index contributed by atoms with van der Waals surface area (Å²) < 4.78 is 39.8. The van der Waals surface area contributed by atoms with Crippen molar-refractivity contribution in [3.05, 3.63) is 34.4 Å². The smallest absolute Gasteiger partial charge is 0.264 e. The van der Waals surface area contributed by atoms with Crippen LogP contribution < -0.4 is 11.3 Å². The van der Waals surface area contributed by atoms with E-state index in [0.29, 0.717) is 4.57 Å². The molecule has 1 saturated carbocycles. The number of fused-ring (bicyclic) bond motifs is 1. The maximum atomic E-state index is 13.0. The number of Topliss-reactive ketones (excluding diaryl/α,β-unsaturated/α-hetero) is 2. The molecule has 0 saturated heterocycles. The number of anilines is 1. The van der Waals surface area contributed by atoms with Crippen LogP contribution in [0.2, 0.25) is 0 Å². The van der Waals surface area contributed by atoms with E-state index in [1.165, 1.54) is 12.1 Å². The van der Waals surface area contributed by atoms with Gasteiger partial charge in [0.15, 0.2) is 5.78 Å². The molecule has 1 aliphatic rings. The van der Waals surface area contributed by atoms with E-state index in [2.05, 4.69) is 4.98 Å². The van der Waals surface area contributed by atoms with Gasteiger partial charge in [0.1, 0.15) is 11.6 Å². The third kappa shape index (κ3) is 2.12. The number of nitrogens with zero attached hydrogens (tertiary/aromatic N) is 2. The maximum absolute atomic E-state index is 13.0. The number of hydrogen-bond donors (Lipinski definition) is 1. The molecule has 1 unspecified atom stereocenters. The highest BCUT2D eigenvalue weighted by atomic mass is 16.2. The summed E-state index contributed by atoms with van der Waals surface area (Å²) in [5, 5.41) is -0.120. The zero-order chi connectivity index (χ0) is 19.4. The number of carbonyl (C=O) groups is 2. The molecule has 0 radical (unpaired) electrons. The van der Waals surface area contributed by atoms with Crippen LogP contribution in [-0.2, 0) is 9.59 Å². The molecule has 0 bridgehead atoms.